The maximum absolute atomic E-state index is 11.9. The van der Waals surface area contributed by atoms with Crippen molar-refractivity contribution in [2.24, 2.45) is 0 Å². The normalized spacial score (nSPS) is 11.0. The molecule has 2 heterocycles. The lowest BCUT2D eigenvalue weighted by atomic mass is 10.1. The molecule has 0 aliphatic heterocycles. The van der Waals surface area contributed by atoms with Crippen LogP contribution in [0.4, 0.5) is 11.4 Å². The molecule has 2 aromatic heterocycles. The first-order valence-corrected chi connectivity index (χ1v) is 11.1. The van der Waals surface area contributed by atoms with Crippen LogP contribution in [0, 0.1) is 0 Å². The molecule has 0 unspecified atom stereocenters. The summed E-state index contributed by atoms with van der Waals surface area (Å²) < 4.78 is 23.8. The largest absolute Gasteiger partial charge is 0.478 e. The van der Waals surface area contributed by atoms with E-state index >= 15 is 0 Å². The van der Waals surface area contributed by atoms with E-state index in [1.165, 1.54) is 30.5 Å². The summed E-state index contributed by atoms with van der Waals surface area (Å²) in [4.78, 5) is 28.9. The van der Waals surface area contributed by atoms with Crippen molar-refractivity contribution in [3.63, 3.8) is 0 Å². The second-order valence-corrected chi connectivity index (χ2v) is 8.78. The van der Waals surface area contributed by atoms with Crippen molar-refractivity contribution in [2.75, 3.05) is 5.32 Å². The molecule has 9 heteroatoms. The number of Topliss-reactive ketones (excluding diaryl/α,β-unsaturated/α-hetero) is 1. The van der Waals surface area contributed by atoms with Crippen molar-refractivity contribution in [3.05, 3.63) is 71.2 Å². The van der Waals surface area contributed by atoms with E-state index in [9.17, 15) is 23.1 Å². The zero-order chi connectivity index (χ0) is 22.1. The van der Waals surface area contributed by atoms with Gasteiger partial charge in [0.25, 0.3) is 0 Å². The number of thiophene rings is 1. The van der Waals surface area contributed by atoms with E-state index in [4.69, 9.17) is 0 Å². The zero-order valence-electron chi connectivity index (χ0n) is 16.2. The van der Waals surface area contributed by atoms with Gasteiger partial charge in [0.05, 0.1) is 27.3 Å². The van der Waals surface area contributed by atoms with E-state index in [2.05, 4.69) is 10.3 Å². The average Bonchev–Trinajstić information content (AvgIpc) is 3.24. The van der Waals surface area contributed by atoms with Crippen LogP contribution in [0.2, 0.25) is 0 Å². The maximum Gasteiger partial charge on any atom is 0.337 e. The summed E-state index contributed by atoms with van der Waals surface area (Å²) in [6, 6.07) is 15.2. The number of para-hydroxylation sites is 1. The highest BCUT2D eigenvalue weighted by Gasteiger charge is 2.16. The van der Waals surface area contributed by atoms with Crippen LogP contribution in [0.3, 0.4) is 0 Å². The molecule has 2 N–H and O–H groups in total. The number of rotatable bonds is 6. The minimum absolute atomic E-state index is 0.0139. The number of hydrogen-bond acceptors (Lipinski definition) is 7. The topological polar surface area (TPSA) is 113 Å². The molecule has 0 fully saturated rings. The number of carbonyl (C=O) groups excluding carboxylic acids is 1. The Hall–Kier alpha value is -3.56. The number of carbonyl (C=O) groups is 2. The molecule has 4 rings (SSSR count). The lowest BCUT2D eigenvalue weighted by Gasteiger charge is -2.14. The molecule has 0 saturated carbocycles. The zero-order valence-corrected chi connectivity index (χ0v) is 17.9. The van der Waals surface area contributed by atoms with Crippen LogP contribution in [0.5, 0.6) is 0 Å². The summed E-state index contributed by atoms with van der Waals surface area (Å²) in [5, 5.41) is 13.0. The Labute approximate surface area is 183 Å². The number of hydrogen-bond donors (Lipinski definition) is 3. The molecule has 2 aromatic carbocycles. The van der Waals surface area contributed by atoms with Crippen LogP contribution in [0.15, 0.2) is 65.7 Å². The Kier molecular flexibility index (Phi) is 5.53. The first kappa shape index (κ1) is 20.7. The second-order valence-electron chi connectivity index (χ2n) is 6.70. The summed E-state index contributed by atoms with van der Waals surface area (Å²) in [7, 11) is -2.99. The SMILES string of the molecule is CC(=O)c1ccc(-c2ccc3ncc([SH](=O)=O)c(Nc4ccccc4C(=O)O)c3c2)s1. The van der Waals surface area contributed by atoms with Gasteiger partial charge in [0.2, 0.25) is 0 Å². The lowest BCUT2D eigenvalue weighted by molar-refractivity contribution is 0.0697. The fourth-order valence-corrected chi connectivity index (χ4v) is 4.61. The van der Waals surface area contributed by atoms with Crippen LogP contribution in [0.1, 0.15) is 27.0 Å². The highest BCUT2D eigenvalue weighted by atomic mass is 32.2. The van der Waals surface area contributed by atoms with E-state index in [-0.39, 0.29) is 27.6 Å². The summed E-state index contributed by atoms with van der Waals surface area (Å²) in [6.07, 6.45) is 1.25. The fourth-order valence-electron chi connectivity index (χ4n) is 3.20. The predicted molar refractivity (Wildman–Crippen MR) is 120 cm³/mol. The standard InChI is InChI=1S/C22H16N2O5S2/c1-12(25)18-8-9-19(30-18)13-6-7-16-15(10-13)21(20(11-23-16)31(28)29)24-17-5-3-2-4-14(17)22(26)27/h2-11,31H,1H3,(H,23,24)(H,26,27). The number of carboxylic acid groups (broad SMARTS) is 1. The van der Waals surface area contributed by atoms with E-state index in [0.717, 1.165) is 10.4 Å². The van der Waals surface area contributed by atoms with E-state index in [1.54, 1.807) is 36.4 Å². The number of thiol groups is 1. The molecule has 156 valence electrons. The van der Waals surface area contributed by atoms with Crippen LogP contribution in [-0.2, 0) is 10.7 Å². The minimum atomic E-state index is -2.99. The number of carboxylic acids is 1. The van der Waals surface area contributed by atoms with Gasteiger partial charge in [-0.05, 0) is 48.9 Å². The van der Waals surface area contributed by atoms with Crippen LogP contribution < -0.4 is 5.32 Å². The quantitative estimate of drug-likeness (QED) is 0.290. The Morgan fingerprint density at radius 2 is 1.84 bits per heavy atom. The van der Waals surface area contributed by atoms with Crippen molar-refractivity contribution < 1.29 is 23.1 Å². The minimum Gasteiger partial charge on any atom is -0.478 e. The molecule has 31 heavy (non-hydrogen) atoms. The molecule has 0 aliphatic carbocycles. The number of aromatic nitrogens is 1. The molecule has 0 saturated heterocycles. The molecule has 0 atom stereocenters. The maximum atomic E-state index is 11.9. The van der Waals surface area contributed by atoms with Gasteiger partial charge in [0.15, 0.2) is 16.5 Å². The smallest absolute Gasteiger partial charge is 0.337 e. The highest BCUT2D eigenvalue weighted by Crippen LogP contribution is 2.36. The Balaban J connectivity index is 1.92. The summed E-state index contributed by atoms with van der Waals surface area (Å²) in [5.74, 6) is -1.16. The molecule has 0 bridgehead atoms. The molecule has 7 nitrogen and oxygen atoms in total. The van der Waals surface area contributed by atoms with Gasteiger partial charge in [-0.3, -0.25) is 9.78 Å². The Morgan fingerprint density at radius 1 is 1.06 bits per heavy atom. The lowest BCUT2D eigenvalue weighted by Crippen LogP contribution is -2.04. The summed E-state index contributed by atoms with van der Waals surface area (Å²) >= 11 is 1.34. The number of nitrogens with zero attached hydrogens (tertiary/aromatic N) is 1. The molecule has 0 aliphatic rings. The highest BCUT2D eigenvalue weighted by molar-refractivity contribution is 7.72. The van der Waals surface area contributed by atoms with Gasteiger partial charge in [-0.1, -0.05) is 18.2 Å². The van der Waals surface area contributed by atoms with E-state index in [0.29, 0.717) is 15.8 Å². The van der Waals surface area contributed by atoms with Crippen molar-refractivity contribution in [1.29, 1.82) is 0 Å². The molecule has 0 radical (unpaired) electrons. The van der Waals surface area contributed by atoms with Crippen LogP contribution >= 0.6 is 11.3 Å². The molecule has 0 spiro atoms. The van der Waals surface area contributed by atoms with Gasteiger partial charge in [-0.15, -0.1) is 11.3 Å². The first-order chi connectivity index (χ1) is 14.8. The monoisotopic (exact) mass is 452 g/mol. The fraction of sp³-hybridized carbons (Fsp3) is 0.0455. The van der Waals surface area contributed by atoms with Gasteiger partial charge in [0.1, 0.15) is 4.90 Å². The van der Waals surface area contributed by atoms with Gasteiger partial charge < -0.3 is 10.4 Å². The van der Waals surface area contributed by atoms with Gasteiger partial charge >= 0.3 is 5.97 Å². The third-order valence-electron chi connectivity index (χ3n) is 4.70. The number of benzene rings is 2. The summed E-state index contributed by atoms with van der Waals surface area (Å²) in [5.41, 5.74) is 1.86. The van der Waals surface area contributed by atoms with Crippen molar-refractivity contribution in [2.45, 2.75) is 11.8 Å². The molecule has 4 aromatic rings. The number of aromatic carboxylic acids is 1. The molecular weight excluding hydrogens is 436 g/mol. The average molecular weight is 453 g/mol. The Bertz CT molecular complexity index is 1410. The molecule has 0 amide bonds. The van der Waals surface area contributed by atoms with E-state index < -0.39 is 16.7 Å². The number of pyridine rings is 1. The van der Waals surface area contributed by atoms with Crippen LogP contribution in [-0.4, -0.2) is 30.3 Å². The summed E-state index contributed by atoms with van der Waals surface area (Å²) in [6.45, 7) is 1.50. The van der Waals surface area contributed by atoms with Gasteiger partial charge in [-0.25, -0.2) is 13.2 Å². The number of anilines is 2. The predicted octanol–water partition coefficient (Wildman–Crippen LogP) is 4.58. The molecular formula is C22H16N2O5S2. The number of nitrogens with one attached hydrogen (secondary N) is 1. The Morgan fingerprint density at radius 3 is 2.52 bits per heavy atom. The van der Waals surface area contributed by atoms with E-state index in [1.807, 2.05) is 12.1 Å². The van der Waals surface area contributed by atoms with Crippen LogP contribution in [0.25, 0.3) is 21.3 Å². The van der Waals surface area contributed by atoms with Gasteiger partial charge in [0, 0.05) is 16.5 Å². The third-order valence-corrected chi connectivity index (χ3v) is 6.67. The second kappa shape index (κ2) is 8.29. The third kappa shape index (κ3) is 4.05. The van der Waals surface area contributed by atoms with Crippen molar-refractivity contribution >= 4 is 56.1 Å². The van der Waals surface area contributed by atoms with Crippen molar-refractivity contribution in [3.8, 4) is 10.4 Å². The first-order valence-electron chi connectivity index (χ1n) is 9.13. The van der Waals surface area contributed by atoms with Gasteiger partial charge in [-0.2, -0.15) is 0 Å². The number of ketones is 1. The van der Waals surface area contributed by atoms with Crippen molar-refractivity contribution in [1.82, 2.24) is 4.98 Å². The number of fused-ring (bicyclic) bond motifs is 1.